The topological polar surface area (TPSA) is 39.2 Å². The number of ether oxygens (including phenoxy) is 1. The summed E-state index contributed by atoms with van der Waals surface area (Å²) in [5.41, 5.74) is 7.24. The van der Waals surface area contributed by atoms with E-state index in [0.29, 0.717) is 6.61 Å². The zero-order valence-electron chi connectivity index (χ0n) is 17.7. The van der Waals surface area contributed by atoms with Gasteiger partial charge < -0.3 is 4.74 Å². The SMILES string of the molecule is CCOC(=O)Cc1ccc(-c2c(C)cc(C(CC)(CC)CC)cc2C)nc1. The number of aryl methyl sites for hydroxylation is 2. The Hall–Kier alpha value is -2.16. The zero-order valence-corrected chi connectivity index (χ0v) is 17.7. The molecule has 1 aromatic heterocycles. The largest absolute Gasteiger partial charge is 0.466 e. The van der Waals surface area contributed by atoms with Gasteiger partial charge in [0.2, 0.25) is 0 Å². The smallest absolute Gasteiger partial charge is 0.310 e. The van der Waals surface area contributed by atoms with Crippen LogP contribution < -0.4 is 0 Å². The van der Waals surface area contributed by atoms with Gasteiger partial charge in [0.25, 0.3) is 0 Å². The highest BCUT2D eigenvalue weighted by molar-refractivity contribution is 5.73. The Bertz CT molecular complexity index is 742. The molecule has 0 aliphatic heterocycles. The molecule has 0 unspecified atom stereocenters. The summed E-state index contributed by atoms with van der Waals surface area (Å²) in [6.45, 7) is 13.4. The van der Waals surface area contributed by atoms with E-state index in [2.05, 4.69) is 51.7 Å². The molecular weight excluding hydrogens is 334 g/mol. The molecule has 0 radical (unpaired) electrons. The third kappa shape index (κ3) is 4.58. The molecule has 1 heterocycles. The predicted molar refractivity (Wildman–Crippen MR) is 112 cm³/mol. The normalized spacial score (nSPS) is 11.5. The second-order valence-electron chi connectivity index (χ2n) is 7.36. The summed E-state index contributed by atoms with van der Waals surface area (Å²) in [7, 11) is 0. The minimum atomic E-state index is -0.209. The summed E-state index contributed by atoms with van der Waals surface area (Å²) in [6.07, 6.45) is 5.51. The minimum Gasteiger partial charge on any atom is -0.466 e. The highest BCUT2D eigenvalue weighted by atomic mass is 16.5. The van der Waals surface area contributed by atoms with Gasteiger partial charge in [-0.15, -0.1) is 0 Å². The van der Waals surface area contributed by atoms with Crippen LogP contribution in [0.1, 0.15) is 69.2 Å². The summed E-state index contributed by atoms with van der Waals surface area (Å²) in [6, 6.07) is 8.66. The van der Waals surface area contributed by atoms with E-state index in [1.807, 2.05) is 19.1 Å². The number of pyridine rings is 1. The Morgan fingerprint density at radius 3 is 2.04 bits per heavy atom. The lowest BCUT2D eigenvalue weighted by atomic mass is 9.72. The molecule has 2 aromatic rings. The highest BCUT2D eigenvalue weighted by Crippen LogP contribution is 2.38. The predicted octanol–water partition coefficient (Wildman–Crippen LogP) is 5.94. The van der Waals surface area contributed by atoms with Crippen LogP contribution in [0.5, 0.6) is 0 Å². The quantitative estimate of drug-likeness (QED) is 0.542. The van der Waals surface area contributed by atoms with Crippen molar-refractivity contribution in [2.24, 2.45) is 0 Å². The van der Waals surface area contributed by atoms with Crippen molar-refractivity contribution in [2.75, 3.05) is 6.61 Å². The lowest BCUT2D eigenvalue weighted by Crippen LogP contribution is -2.23. The molecule has 0 aliphatic rings. The molecule has 3 heteroatoms. The molecule has 27 heavy (non-hydrogen) atoms. The van der Waals surface area contributed by atoms with Gasteiger partial charge >= 0.3 is 5.97 Å². The van der Waals surface area contributed by atoms with Crippen molar-refractivity contribution in [1.82, 2.24) is 4.98 Å². The molecule has 0 saturated heterocycles. The van der Waals surface area contributed by atoms with E-state index < -0.39 is 0 Å². The van der Waals surface area contributed by atoms with Crippen molar-refractivity contribution in [3.05, 3.63) is 52.7 Å². The monoisotopic (exact) mass is 367 g/mol. The fraction of sp³-hybridized carbons (Fsp3) is 0.500. The second-order valence-corrected chi connectivity index (χ2v) is 7.36. The second kappa shape index (κ2) is 9.16. The van der Waals surface area contributed by atoms with E-state index in [4.69, 9.17) is 4.74 Å². The molecule has 0 amide bonds. The Labute approximate surface area is 164 Å². The lowest BCUT2D eigenvalue weighted by Gasteiger charge is -2.32. The van der Waals surface area contributed by atoms with Crippen LogP contribution in [0.2, 0.25) is 0 Å². The molecule has 0 spiro atoms. The maximum atomic E-state index is 11.6. The van der Waals surface area contributed by atoms with Crippen LogP contribution in [0.15, 0.2) is 30.5 Å². The van der Waals surface area contributed by atoms with Gasteiger partial charge in [-0.25, -0.2) is 0 Å². The number of carbonyl (C=O) groups excluding carboxylic acids is 1. The maximum Gasteiger partial charge on any atom is 0.310 e. The van der Waals surface area contributed by atoms with Crippen molar-refractivity contribution < 1.29 is 9.53 Å². The molecular formula is C24H33NO2. The number of aromatic nitrogens is 1. The van der Waals surface area contributed by atoms with Crippen LogP contribution in [-0.2, 0) is 21.4 Å². The van der Waals surface area contributed by atoms with Crippen LogP contribution in [0.3, 0.4) is 0 Å². The van der Waals surface area contributed by atoms with Gasteiger partial charge in [0.15, 0.2) is 0 Å². The van der Waals surface area contributed by atoms with E-state index in [0.717, 1.165) is 30.5 Å². The average Bonchev–Trinajstić information content (AvgIpc) is 2.65. The van der Waals surface area contributed by atoms with Gasteiger partial charge in [0, 0.05) is 11.8 Å². The van der Waals surface area contributed by atoms with Crippen LogP contribution in [0, 0.1) is 13.8 Å². The number of hydrogen-bond acceptors (Lipinski definition) is 3. The molecule has 2 rings (SSSR count). The molecule has 0 N–H and O–H groups in total. The number of carbonyl (C=O) groups is 1. The zero-order chi connectivity index (χ0) is 20.0. The number of hydrogen-bond donors (Lipinski definition) is 0. The average molecular weight is 368 g/mol. The van der Waals surface area contributed by atoms with E-state index >= 15 is 0 Å². The summed E-state index contributed by atoms with van der Waals surface area (Å²) >= 11 is 0. The molecule has 0 fully saturated rings. The number of rotatable bonds is 8. The minimum absolute atomic E-state index is 0.209. The van der Waals surface area contributed by atoms with Crippen LogP contribution in [-0.4, -0.2) is 17.6 Å². The van der Waals surface area contributed by atoms with Gasteiger partial charge in [0.05, 0.1) is 18.7 Å². The highest BCUT2D eigenvalue weighted by Gasteiger charge is 2.27. The van der Waals surface area contributed by atoms with Crippen molar-refractivity contribution >= 4 is 5.97 Å². The summed E-state index contributed by atoms with van der Waals surface area (Å²) in [5.74, 6) is -0.209. The Balaban J connectivity index is 2.35. The lowest BCUT2D eigenvalue weighted by molar-refractivity contribution is -0.142. The van der Waals surface area contributed by atoms with Crippen LogP contribution in [0.25, 0.3) is 11.3 Å². The van der Waals surface area contributed by atoms with Crippen molar-refractivity contribution in [3.8, 4) is 11.3 Å². The summed E-state index contributed by atoms with van der Waals surface area (Å²) in [4.78, 5) is 16.3. The molecule has 0 saturated carbocycles. The van der Waals surface area contributed by atoms with Gasteiger partial charge in [-0.2, -0.15) is 0 Å². The number of esters is 1. The fourth-order valence-electron chi connectivity index (χ4n) is 4.09. The maximum absolute atomic E-state index is 11.6. The van der Waals surface area contributed by atoms with E-state index in [1.54, 1.807) is 6.20 Å². The molecule has 0 atom stereocenters. The first kappa shape index (κ1) is 21.1. The van der Waals surface area contributed by atoms with Crippen molar-refractivity contribution in [3.63, 3.8) is 0 Å². The molecule has 3 nitrogen and oxygen atoms in total. The van der Waals surface area contributed by atoms with E-state index in [1.165, 1.54) is 22.3 Å². The first-order valence-corrected chi connectivity index (χ1v) is 10.1. The van der Waals surface area contributed by atoms with E-state index in [9.17, 15) is 4.79 Å². The Morgan fingerprint density at radius 2 is 1.59 bits per heavy atom. The van der Waals surface area contributed by atoms with Gasteiger partial charge in [-0.1, -0.05) is 39.0 Å². The first-order valence-electron chi connectivity index (χ1n) is 10.1. The number of nitrogens with zero attached hydrogens (tertiary/aromatic N) is 1. The Morgan fingerprint density at radius 1 is 1.00 bits per heavy atom. The summed E-state index contributed by atoms with van der Waals surface area (Å²) < 4.78 is 5.01. The molecule has 0 aliphatic carbocycles. The van der Waals surface area contributed by atoms with Gasteiger partial charge in [-0.05, 0) is 73.8 Å². The van der Waals surface area contributed by atoms with Gasteiger partial charge in [-0.3, -0.25) is 9.78 Å². The first-order chi connectivity index (χ1) is 12.9. The summed E-state index contributed by atoms with van der Waals surface area (Å²) in [5, 5.41) is 0. The van der Waals surface area contributed by atoms with Crippen LogP contribution in [0.4, 0.5) is 0 Å². The molecule has 0 bridgehead atoms. The number of benzene rings is 1. The van der Waals surface area contributed by atoms with Gasteiger partial charge in [0.1, 0.15) is 0 Å². The van der Waals surface area contributed by atoms with E-state index in [-0.39, 0.29) is 17.8 Å². The standard InChI is InChI=1S/C24H33NO2/c1-7-24(8-2,9-3)20-13-17(5)23(18(6)14-20)21-12-11-19(16-25-21)15-22(26)27-10-4/h11-14,16H,7-10,15H2,1-6H3. The van der Waals surface area contributed by atoms with Crippen LogP contribution >= 0.6 is 0 Å². The molecule has 146 valence electrons. The molecule has 1 aromatic carbocycles. The van der Waals surface area contributed by atoms with Crippen molar-refractivity contribution in [2.45, 2.75) is 72.6 Å². The Kier molecular flexibility index (Phi) is 7.18. The van der Waals surface area contributed by atoms with Crippen molar-refractivity contribution in [1.29, 1.82) is 0 Å². The third-order valence-corrected chi connectivity index (χ3v) is 5.91. The fourth-order valence-corrected chi connectivity index (χ4v) is 4.09. The third-order valence-electron chi connectivity index (χ3n) is 5.91.